The van der Waals surface area contributed by atoms with Crippen LogP contribution in [0, 0.1) is 18.0 Å². The summed E-state index contributed by atoms with van der Waals surface area (Å²) in [7, 11) is -0.772. The Morgan fingerprint density at radius 2 is 1.77 bits per heavy atom. The first-order valence-electron chi connectivity index (χ1n) is 15.6. The van der Waals surface area contributed by atoms with E-state index in [0.29, 0.717) is 55.6 Å². The molecule has 1 N–H and O–H groups in total. The minimum atomic E-state index is -0.772. The van der Waals surface area contributed by atoms with Crippen LogP contribution in [0.4, 0.5) is 5.69 Å². The summed E-state index contributed by atoms with van der Waals surface area (Å²) in [6.45, 7) is 11.0. The lowest BCUT2D eigenvalue weighted by molar-refractivity contribution is -0.901. The fourth-order valence-corrected chi connectivity index (χ4v) is 7.81. The quantitative estimate of drug-likeness (QED) is 0.326. The van der Waals surface area contributed by atoms with Gasteiger partial charge in [-0.05, 0) is 75.4 Å². The van der Waals surface area contributed by atoms with Gasteiger partial charge in [0.2, 0.25) is 0 Å². The number of carbonyl (C=O) groups is 2. The number of quaternary nitrogens is 1. The number of ether oxygens (including phenoxy) is 1. The number of carbonyl (C=O) groups excluding carboxylic acids is 2. The molecule has 0 aromatic heterocycles. The average Bonchev–Trinajstić information content (AvgIpc) is 2.99. The molecule has 44 heavy (non-hydrogen) atoms. The number of hydrogen-bond acceptors (Lipinski definition) is 6. The zero-order valence-corrected chi connectivity index (χ0v) is 27.1. The van der Waals surface area contributed by atoms with E-state index in [1.54, 1.807) is 6.92 Å². The fourth-order valence-electron chi connectivity index (χ4n) is 6.53. The van der Waals surface area contributed by atoms with Gasteiger partial charge in [-0.2, -0.15) is 0 Å². The Balaban J connectivity index is 1.45. The van der Waals surface area contributed by atoms with Crippen LogP contribution in [0.1, 0.15) is 55.1 Å². The molecule has 1 unspecified atom stereocenters. The van der Waals surface area contributed by atoms with Crippen molar-refractivity contribution < 1.29 is 23.2 Å². The van der Waals surface area contributed by atoms with Crippen LogP contribution in [0.15, 0.2) is 53.0 Å². The van der Waals surface area contributed by atoms with Crippen molar-refractivity contribution in [2.75, 3.05) is 55.8 Å². The number of aliphatic imine (C=N–C) groups is 1. The van der Waals surface area contributed by atoms with Crippen LogP contribution < -0.4 is 10.2 Å². The summed E-state index contributed by atoms with van der Waals surface area (Å²) in [5.41, 5.74) is 6.81. The average molecular weight is 621 g/mol. The number of nitrogens with one attached hydrogen (secondary N) is 1. The van der Waals surface area contributed by atoms with E-state index in [1.165, 1.54) is 0 Å². The number of nitrogens with zero attached hydrogens (tertiary/aromatic N) is 3. The van der Waals surface area contributed by atoms with Crippen molar-refractivity contribution in [3.63, 3.8) is 0 Å². The second-order valence-electron chi connectivity index (χ2n) is 12.2. The topological polar surface area (TPSA) is 111 Å². The summed E-state index contributed by atoms with van der Waals surface area (Å²) >= 11 is 0. The number of amides is 2. The standard InChI is InChI=1S/C34H44N4O5S/c1-5-37(29-10-16-44(42)17-11-29)32-20-28(27-8-6-26(7-9-27)22-38(41)12-14-43-15-13-38)19-30(25(32)4)33(39)35-21-31-23(2)18-24(3)36-34(31)40/h6-9,18-20,29,31H,5,10-17,21-22H2,1-4H3,(H,35,39). The minimum absolute atomic E-state index is 0.177. The first-order valence-corrected chi connectivity index (χ1v) is 17.1. The van der Waals surface area contributed by atoms with Crippen molar-refractivity contribution in [3.8, 4) is 11.1 Å². The lowest BCUT2D eigenvalue weighted by atomic mass is 9.94. The van der Waals surface area contributed by atoms with Gasteiger partial charge in [-0.1, -0.05) is 29.8 Å². The van der Waals surface area contributed by atoms with Crippen molar-refractivity contribution in [1.29, 1.82) is 0 Å². The smallest absolute Gasteiger partial charge is 0.254 e. The predicted molar refractivity (Wildman–Crippen MR) is 176 cm³/mol. The molecule has 1 atom stereocenters. The first-order chi connectivity index (χ1) is 21.1. The van der Waals surface area contributed by atoms with E-state index in [-0.39, 0.29) is 29.0 Å². The Hall–Kier alpha value is -3.18. The summed E-state index contributed by atoms with van der Waals surface area (Å²) in [6.07, 6.45) is 3.57. The lowest BCUT2D eigenvalue weighted by Crippen LogP contribution is -2.49. The third kappa shape index (κ3) is 7.37. The Morgan fingerprint density at radius 1 is 1.09 bits per heavy atom. The minimum Gasteiger partial charge on any atom is -0.632 e. The van der Waals surface area contributed by atoms with Crippen LogP contribution in [0.25, 0.3) is 11.1 Å². The zero-order valence-electron chi connectivity index (χ0n) is 26.3. The van der Waals surface area contributed by atoms with Gasteiger partial charge in [0.1, 0.15) is 19.6 Å². The maximum atomic E-state index is 13.8. The molecule has 0 bridgehead atoms. The molecule has 3 aliphatic rings. The molecule has 2 aromatic rings. The van der Waals surface area contributed by atoms with E-state index in [0.717, 1.165) is 52.9 Å². The van der Waals surface area contributed by atoms with E-state index < -0.39 is 16.7 Å². The second-order valence-corrected chi connectivity index (χ2v) is 13.9. The fraction of sp³-hybridized carbons (Fsp3) is 0.500. The molecular formula is C34H44N4O5S. The molecule has 2 fully saturated rings. The molecule has 0 saturated carbocycles. The van der Waals surface area contributed by atoms with Crippen molar-refractivity contribution in [3.05, 3.63) is 69.9 Å². The number of hydroxylamine groups is 3. The molecule has 0 aliphatic carbocycles. The van der Waals surface area contributed by atoms with Gasteiger partial charge in [0, 0.05) is 64.0 Å². The molecule has 10 heteroatoms. The molecule has 236 valence electrons. The molecule has 9 nitrogen and oxygen atoms in total. The maximum absolute atomic E-state index is 13.8. The number of morpholine rings is 1. The van der Waals surface area contributed by atoms with Gasteiger partial charge in [-0.15, -0.1) is 0 Å². The number of benzene rings is 2. The Bertz CT molecular complexity index is 1470. The third-order valence-corrected chi connectivity index (χ3v) is 10.5. The van der Waals surface area contributed by atoms with E-state index >= 15 is 0 Å². The van der Waals surface area contributed by atoms with E-state index in [1.807, 2.05) is 50.3 Å². The van der Waals surface area contributed by atoms with Crippen molar-refractivity contribution in [1.82, 2.24) is 5.32 Å². The summed E-state index contributed by atoms with van der Waals surface area (Å²) in [4.78, 5) is 32.8. The number of rotatable bonds is 9. The van der Waals surface area contributed by atoms with Crippen molar-refractivity contribution in [2.45, 2.75) is 53.1 Å². The summed E-state index contributed by atoms with van der Waals surface area (Å²) < 4.78 is 17.2. The van der Waals surface area contributed by atoms with Crippen LogP contribution in [0.5, 0.6) is 0 Å². The van der Waals surface area contributed by atoms with Crippen LogP contribution >= 0.6 is 0 Å². The highest BCUT2D eigenvalue weighted by Crippen LogP contribution is 2.34. The normalized spacial score (nSPS) is 23.5. The Morgan fingerprint density at radius 3 is 2.41 bits per heavy atom. The maximum Gasteiger partial charge on any atom is 0.254 e. The number of anilines is 1. The molecule has 2 saturated heterocycles. The van der Waals surface area contributed by atoms with Gasteiger partial charge >= 0.3 is 0 Å². The number of dihydropyridines is 1. The SMILES string of the molecule is CCN(c1cc(-c2ccc(C[N+]3([O-])CCOCC3)cc2)cc(C(=O)NCC2C(=O)N=C(C)C=C2C)c1C)C1CCS(=O)CC1. The van der Waals surface area contributed by atoms with Crippen LogP contribution in [0.2, 0.25) is 0 Å². The predicted octanol–water partition coefficient (Wildman–Crippen LogP) is 4.54. The lowest BCUT2D eigenvalue weighted by Gasteiger charge is -2.45. The highest BCUT2D eigenvalue weighted by molar-refractivity contribution is 7.85. The molecule has 3 heterocycles. The zero-order chi connectivity index (χ0) is 31.4. The molecule has 5 rings (SSSR count). The van der Waals surface area contributed by atoms with Gasteiger partial charge in [0.25, 0.3) is 11.8 Å². The largest absolute Gasteiger partial charge is 0.632 e. The molecule has 2 amide bonds. The van der Waals surface area contributed by atoms with Gasteiger partial charge in [0.05, 0.1) is 19.1 Å². The molecule has 3 aliphatic heterocycles. The highest BCUT2D eigenvalue weighted by Gasteiger charge is 2.28. The molecule has 0 spiro atoms. The molecular weight excluding hydrogens is 576 g/mol. The first kappa shape index (κ1) is 32.2. The Labute approximate surface area is 263 Å². The number of allylic oxidation sites excluding steroid dienone is 1. The molecule has 2 aromatic carbocycles. The second kappa shape index (κ2) is 13.9. The summed E-state index contributed by atoms with van der Waals surface area (Å²) in [5.74, 6) is 0.419. The summed E-state index contributed by atoms with van der Waals surface area (Å²) in [5, 5.41) is 16.1. The van der Waals surface area contributed by atoms with Crippen LogP contribution in [-0.2, 0) is 26.9 Å². The van der Waals surface area contributed by atoms with E-state index in [4.69, 9.17) is 4.74 Å². The van der Waals surface area contributed by atoms with E-state index in [2.05, 4.69) is 28.2 Å². The molecule has 0 radical (unpaired) electrons. The van der Waals surface area contributed by atoms with Gasteiger partial charge in [0.15, 0.2) is 0 Å². The highest BCUT2D eigenvalue weighted by atomic mass is 32.2. The number of hydrogen-bond donors (Lipinski definition) is 1. The van der Waals surface area contributed by atoms with Crippen molar-refractivity contribution >= 4 is 34.0 Å². The van der Waals surface area contributed by atoms with E-state index in [9.17, 15) is 19.0 Å². The summed E-state index contributed by atoms with van der Waals surface area (Å²) in [6, 6.07) is 12.4. The van der Waals surface area contributed by atoms with Crippen LogP contribution in [0.3, 0.4) is 0 Å². The van der Waals surface area contributed by atoms with Crippen molar-refractivity contribution in [2.24, 2.45) is 10.9 Å². The van der Waals surface area contributed by atoms with Gasteiger partial charge in [-0.25, -0.2) is 4.99 Å². The Kier molecular flexibility index (Phi) is 10.1. The third-order valence-electron chi connectivity index (χ3n) is 9.16. The van der Waals surface area contributed by atoms with Crippen LogP contribution in [-0.4, -0.2) is 83.3 Å². The van der Waals surface area contributed by atoms with Gasteiger partial charge < -0.3 is 24.8 Å². The monoisotopic (exact) mass is 620 g/mol. The van der Waals surface area contributed by atoms with Gasteiger partial charge in [-0.3, -0.25) is 13.8 Å².